The van der Waals surface area contributed by atoms with Gasteiger partial charge in [0.05, 0.1) is 22.1 Å². The van der Waals surface area contributed by atoms with E-state index in [1.807, 2.05) is 0 Å². The third kappa shape index (κ3) is 5.34. The van der Waals surface area contributed by atoms with Crippen LogP contribution in [-0.4, -0.2) is 58.5 Å². The fourth-order valence-corrected chi connectivity index (χ4v) is 28.8. The van der Waals surface area contributed by atoms with Crippen LogP contribution in [0.2, 0.25) is 26.2 Å². The first-order valence-electron chi connectivity index (χ1n) is 21.8. The molecule has 1 aliphatic heterocycles. The van der Waals surface area contributed by atoms with Crippen LogP contribution in [-0.2, 0) is 4.66 Å². The molecule has 65 heavy (non-hydrogen) atoms. The second-order valence-electron chi connectivity index (χ2n) is 17.9. The smallest absolute Gasteiger partial charge is 0.220 e. The van der Waals surface area contributed by atoms with E-state index in [2.05, 4.69) is 221 Å². The van der Waals surface area contributed by atoms with Crippen LogP contribution in [0.25, 0.3) is 33.5 Å². The summed E-state index contributed by atoms with van der Waals surface area (Å²) in [6.07, 6.45) is 2.90. The van der Waals surface area contributed by atoms with Crippen molar-refractivity contribution in [3.8, 4) is 17.2 Å². The fourth-order valence-electron chi connectivity index (χ4n) is 11.5. The zero-order chi connectivity index (χ0) is 44.0. The van der Waals surface area contributed by atoms with Crippen molar-refractivity contribution < 1.29 is 13.8 Å². The quantitative estimate of drug-likeness (QED) is 0.110. The van der Waals surface area contributed by atoms with Crippen LogP contribution in [0.5, 0.6) is 11.5 Å². The molecular formula is C52H43N7O3Si3. The number of aromatic nitrogens is 7. The molecule has 10 nitrogen and oxygen atoms in total. The van der Waals surface area contributed by atoms with E-state index >= 15 is 0 Å². The van der Waals surface area contributed by atoms with Crippen molar-refractivity contribution in [1.29, 1.82) is 0 Å². The van der Waals surface area contributed by atoms with Crippen molar-refractivity contribution >= 4 is 83.7 Å². The molecule has 0 atom stereocenters. The number of rotatable bonds is 9. The molecule has 0 saturated heterocycles. The minimum atomic E-state index is -3.36. The molecule has 0 saturated carbocycles. The lowest BCUT2D eigenvalue weighted by molar-refractivity contribution is 0.419. The molecule has 0 bridgehead atoms. The average Bonchev–Trinajstić information content (AvgIpc) is 4.19. The summed E-state index contributed by atoms with van der Waals surface area (Å²) < 4.78 is 22.6. The summed E-state index contributed by atoms with van der Waals surface area (Å²) in [6, 6.07) is 63.5. The SMILES string of the molecule is C[Si](C)(c1ncon1)C1([Si](C)(C)c2ncon2)c2ccccc2Oc2c1cccc2[Si](c1ccccc1)(c1ccccc1)c1cccc(-n2c3ccccc3n3c4ccccc4nc23)c1. The lowest BCUT2D eigenvalue weighted by Crippen LogP contribution is -2.78. The summed E-state index contributed by atoms with van der Waals surface area (Å²) in [5.41, 5.74) is 8.81. The molecule has 5 heterocycles. The highest BCUT2D eigenvalue weighted by Crippen LogP contribution is 2.56. The summed E-state index contributed by atoms with van der Waals surface area (Å²) in [7, 11) is -9.27. The summed E-state index contributed by atoms with van der Waals surface area (Å²) in [5.74, 6) is 2.50. The molecule has 0 amide bonds. The molecular weight excluding hydrogens is 855 g/mol. The van der Waals surface area contributed by atoms with E-state index in [1.165, 1.54) is 28.3 Å². The monoisotopic (exact) mass is 897 g/mol. The number of hydrogen-bond donors (Lipinski definition) is 0. The Kier molecular flexibility index (Phi) is 8.76. The third-order valence-corrected chi connectivity index (χ3v) is 30.1. The molecule has 0 aliphatic carbocycles. The van der Waals surface area contributed by atoms with Crippen molar-refractivity contribution in [3.05, 3.63) is 200 Å². The second-order valence-corrected chi connectivity index (χ2v) is 31.0. The van der Waals surface area contributed by atoms with E-state index in [0.717, 1.165) is 61.3 Å². The number of fused-ring (bicyclic) bond motifs is 7. The number of benzene rings is 7. The molecule has 13 heteroatoms. The Hall–Kier alpha value is -7.46. The Labute approximate surface area is 377 Å². The number of hydrogen-bond acceptors (Lipinski definition) is 8. The van der Waals surface area contributed by atoms with Crippen LogP contribution in [0.15, 0.2) is 198 Å². The van der Waals surface area contributed by atoms with Crippen molar-refractivity contribution in [2.45, 2.75) is 30.8 Å². The maximum atomic E-state index is 7.54. The van der Waals surface area contributed by atoms with Gasteiger partial charge in [0.2, 0.25) is 18.6 Å². The van der Waals surface area contributed by atoms with E-state index in [9.17, 15) is 0 Å². The van der Waals surface area contributed by atoms with E-state index in [4.69, 9.17) is 28.7 Å². The van der Waals surface area contributed by atoms with Crippen molar-refractivity contribution in [2.75, 3.05) is 0 Å². The molecule has 0 N–H and O–H groups in total. The zero-order valence-corrected chi connectivity index (χ0v) is 39.3. The van der Waals surface area contributed by atoms with Crippen LogP contribution >= 0.6 is 0 Å². The molecule has 0 spiro atoms. The maximum absolute atomic E-state index is 7.54. The third-order valence-electron chi connectivity index (χ3n) is 14.1. The lowest BCUT2D eigenvalue weighted by atomic mass is 9.98. The zero-order valence-electron chi connectivity index (χ0n) is 36.3. The Balaban J connectivity index is 1.22. The molecule has 0 fully saturated rings. The molecule has 0 radical (unpaired) electrons. The first-order valence-corrected chi connectivity index (χ1v) is 29.8. The molecule has 1 aliphatic rings. The topological polar surface area (TPSA) is 109 Å². The highest BCUT2D eigenvalue weighted by atomic mass is 28.4. The average molecular weight is 898 g/mol. The predicted molar refractivity (Wildman–Crippen MR) is 263 cm³/mol. The first-order chi connectivity index (χ1) is 31.8. The van der Waals surface area contributed by atoms with E-state index in [1.54, 1.807) is 0 Å². The molecule has 0 unspecified atom stereocenters. The van der Waals surface area contributed by atoms with Crippen LogP contribution in [0.3, 0.4) is 0 Å². The molecule has 316 valence electrons. The predicted octanol–water partition coefficient (Wildman–Crippen LogP) is 7.28. The molecule has 11 aromatic rings. The normalized spacial score (nSPS) is 13.8. The van der Waals surface area contributed by atoms with Crippen LogP contribution in [0, 0.1) is 0 Å². The number of para-hydroxylation sites is 6. The van der Waals surface area contributed by atoms with Crippen LogP contribution in [0.1, 0.15) is 11.1 Å². The minimum Gasteiger partial charge on any atom is -0.457 e. The van der Waals surface area contributed by atoms with E-state index < -0.39 is 28.9 Å². The summed E-state index contributed by atoms with van der Waals surface area (Å²) in [6.45, 7) is 9.42. The van der Waals surface area contributed by atoms with Gasteiger partial charge in [0, 0.05) is 21.5 Å². The standard InChI is InChI=1S/C52H43N7O3Si3/c1-63(2,49-53-34-60-56-49)52(64(3,4)50-54-35-61-57-50)40-25-11-16-31-46(40)62-48-41(52)26-18-32-47(48)65(37-20-7-5-8-21-37,38-22-9-6-10-23-38)39-24-17-19-36(33-39)58-44-29-14-15-30-45(44)59-43-28-13-12-27-42(43)55-51(58)59/h5-35H,1-4H3. The number of ether oxygens (including phenoxy) is 1. The summed E-state index contributed by atoms with van der Waals surface area (Å²) in [4.78, 5) is 15.0. The Morgan fingerprint density at radius 1 is 0.508 bits per heavy atom. The van der Waals surface area contributed by atoms with Gasteiger partial charge < -0.3 is 13.8 Å². The van der Waals surface area contributed by atoms with Gasteiger partial charge in [-0.2, -0.15) is 0 Å². The van der Waals surface area contributed by atoms with Crippen molar-refractivity contribution in [1.82, 2.24) is 34.2 Å². The lowest BCUT2D eigenvalue weighted by Gasteiger charge is -2.55. The van der Waals surface area contributed by atoms with Gasteiger partial charge >= 0.3 is 0 Å². The van der Waals surface area contributed by atoms with Crippen molar-refractivity contribution in [2.24, 2.45) is 0 Å². The Morgan fingerprint density at radius 3 is 1.72 bits per heavy atom. The largest absolute Gasteiger partial charge is 0.457 e. The van der Waals surface area contributed by atoms with Gasteiger partial charge in [-0.05, 0) is 63.2 Å². The second kappa shape index (κ2) is 14.5. The van der Waals surface area contributed by atoms with Gasteiger partial charge in [0.25, 0.3) is 0 Å². The van der Waals surface area contributed by atoms with E-state index in [-0.39, 0.29) is 0 Å². The van der Waals surface area contributed by atoms with E-state index in [0.29, 0.717) is 10.9 Å². The first kappa shape index (κ1) is 39.2. The van der Waals surface area contributed by atoms with Gasteiger partial charge in [0.15, 0.2) is 8.07 Å². The molecule has 4 aromatic heterocycles. The number of nitrogens with zero attached hydrogens (tertiary/aromatic N) is 7. The number of imidazole rings is 2. The highest BCUT2D eigenvalue weighted by Gasteiger charge is 2.67. The van der Waals surface area contributed by atoms with Gasteiger partial charge in [-0.15, -0.1) is 0 Å². The Bertz CT molecular complexity index is 3470. The highest BCUT2D eigenvalue weighted by molar-refractivity contribution is 7.20. The minimum absolute atomic E-state index is 0.693. The van der Waals surface area contributed by atoms with Gasteiger partial charge in [-0.3, -0.25) is 8.97 Å². The maximum Gasteiger partial charge on any atom is 0.220 e. The summed E-state index contributed by atoms with van der Waals surface area (Å²) in [5, 5.41) is 14.1. The summed E-state index contributed by atoms with van der Waals surface area (Å²) >= 11 is 0. The van der Waals surface area contributed by atoms with Gasteiger partial charge in [0.1, 0.15) is 38.5 Å². The Morgan fingerprint density at radius 2 is 1.06 bits per heavy atom. The van der Waals surface area contributed by atoms with Crippen LogP contribution < -0.4 is 36.4 Å². The fraction of sp³-hybridized carbons (Fsp3) is 0.0962. The van der Waals surface area contributed by atoms with Crippen molar-refractivity contribution in [3.63, 3.8) is 0 Å². The van der Waals surface area contributed by atoms with Gasteiger partial charge in [-0.25, -0.2) is 15.0 Å². The van der Waals surface area contributed by atoms with Crippen LogP contribution in [0.4, 0.5) is 0 Å². The van der Waals surface area contributed by atoms with Gasteiger partial charge in [-0.1, -0.05) is 170 Å². The molecule has 7 aromatic carbocycles. The molecule has 12 rings (SSSR count).